The summed E-state index contributed by atoms with van der Waals surface area (Å²) in [6.07, 6.45) is 0.935. The molecule has 37 heavy (non-hydrogen) atoms. The molecule has 3 aromatic carbocycles. The summed E-state index contributed by atoms with van der Waals surface area (Å²) in [5.41, 5.74) is 6.78. The average molecular weight is 497 g/mol. The molecule has 5 heteroatoms. The number of ether oxygens (including phenoxy) is 3. The van der Waals surface area contributed by atoms with Crippen molar-refractivity contribution in [3.05, 3.63) is 99.6 Å². The number of benzene rings is 3. The van der Waals surface area contributed by atoms with Gasteiger partial charge in [-0.3, -0.25) is 0 Å². The van der Waals surface area contributed by atoms with E-state index < -0.39 is 12.2 Å². The van der Waals surface area contributed by atoms with E-state index in [4.69, 9.17) is 14.2 Å². The van der Waals surface area contributed by atoms with E-state index in [1.165, 1.54) is 11.1 Å². The van der Waals surface area contributed by atoms with Crippen LogP contribution in [0.25, 0.3) is 0 Å². The predicted octanol–water partition coefficient (Wildman–Crippen LogP) is 5.98. The molecule has 0 aliphatic heterocycles. The van der Waals surface area contributed by atoms with Gasteiger partial charge in [-0.05, 0) is 104 Å². The lowest BCUT2D eigenvalue weighted by Crippen LogP contribution is -2.45. The van der Waals surface area contributed by atoms with E-state index in [0.717, 1.165) is 35.3 Å². The molecule has 2 bridgehead atoms. The van der Waals surface area contributed by atoms with E-state index in [1.54, 1.807) is 25.3 Å². The molecule has 2 fully saturated rings. The topological polar surface area (TPSA) is 61.8 Å². The SMILES string of the molecule is COc1ccc(C(=O)OC2C3CC(C2OC(=O)c2ccc(C)c(C)c2)C2c4ccccc4CC32)cc1C. The number of hydrogen-bond acceptors (Lipinski definition) is 5. The van der Waals surface area contributed by atoms with E-state index in [2.05, 4.69) is 24.3 Å². The maximum absolute atomic E-state index is 13.3. The van der Waals surface area contributed by atoms with E-state index >= 15 is 0 Å². The Morgan fingerprint density at radius 2 is 1.38 bits per heavy atom. The van der Waals surface area contributed by atoms with Gasteiger partial charge in [-0.25, -0.2) is 9.59 Å². The molecular formula is C32H32O5. The fraction of sp³-hybridized carbons (Fsp3) is 0.375. The number of carbonyl (C=O) groups is 2. The number of carbonyl (C=O) groups excluding carboxylic acids is 2. The standard InChI is InChI=1S/C32H32O5/c1-17-9-10-21(13-18(17)2)31(33)37-30-26-16-25(24-15-20-7-5-6-8-23(20)28(24)26)29(30)36-32(34)22-11-12-27(35-4)19(3)14-22/h5-14,24-26,28-30H,15-16H2,1-4H3. The Labute approximate surface area is 217 Å². The molecule has 0 aromatic heterocycles. The maximum Gasteiger partial charge on any atom is 0.338 e. The highest BCUT2D eigenvalue weighted by Crippen LogP contribution is 2.62. The van der Waals surface area contributed by atoms with Crippen molar-refractivity contribution in [1.29, 1.82) is 0 Å². The van der Waals surface area contributed by atoms with Crippen molar-refractivity contribution < 1.29 is 23.8 Å². The van der Waals surface area contributed by atoms with Crippen LogP contribution in [-0.4, -0.2) is 31.3 Å². The van der Waals surface area contributed by atoms with Crippen molar-refractivity contribution in [1.82, 2.24) is 0 Å². The molecule has 0 N–H and O–H groups in total. The van der Waals surface area contributed by atoms with Crippen LogP contribution in [-0.2, 0) is 15.9 Å². The maximum atomic E-state index is 13.3. The zero-order chi connectivity index (χ0) is 25.8. The van der Waals surface area contributed by atoms with Gasteiger partial charge in [0.2, 0.25) is 0 Å². The second kappa shape index (κ2) is 9.05. The quantitative estimate of drug-likeness (QED) is 0.407. The number of fused-ring (bicyclic) bond motifs is 7. The predicted molar refractivity (Wildman–Crippen MR) is 140 cm³/mol. The molecule has 0 radical (unpaired) electrons. The normalized spacial score (nSPS) is 26.9. The molecule has 6 rings (SSSR count). The third kappa shape index (κ3) is 3.92. The first kappa shape index (κ1) is 23.8. The van der Waals surface area contributed by atoms with Gasteiger partial charge in [0.05, 0.1) is 18.2 Å². The van der Waals surface area contributed by atoms with Gasteiger partial charge in [-0.15, -0.1) is 0 Å². The lowest BCUT2D eigenvalue weighted by molar-refractivity contribution is -0.0698. The van der Waals surface area contributed by atoms with Crippen LogP contribution < -0.4 is 4.74 Å². The summed E-state index contributed by atoms with van der Waals surface area (Å²) in [5.74, 6) is 0.995. The van der Waals surface area contributed by atoms with Gasteiger partial charge < -0.3 is 14.2 Å². The van der Waals surface area contributed by atoms with Crippen LogP contribution in [0.5, 0.6) is 5.75 Å². The van der Waals surface area contributed by atoms with Crippen LogP contribution in [0.15, 0.2) is 60.7 Å². The largest absolute Gasteiger partial charge is 0.496 e. The second-order valence-electron chi connectivity index (χ2n) is 10.9. The molecule has 3 aliphatic rings. The fourth-order valence-electron chi connectivity index (χ4n) is 7.03. The summed E-state index contributed by atoms with van der Waals surface area (Å²) in [4.78, 5) is 26.6. The lowest BCUT2D eigenvalue weighted by atomic mass is 9.76. The molecule has 5 nitrogen and oxygen atoms in total. The molecule has 3 aromatic rings. The minimum Gasteiger partial charge on any atom is -0.496 e. The highest BCUT2D eigenvalue weighted by atomic mass is 16.6. The van der Waals surface area contributed by atoms with E-state index in [-0.39, 0.29) is 23.8 Å². The highest BCUT2D eigenvalue weighted by molar-refractivity contribution is 5.91. The fourth-order valence-corrected chi connectivity index (χ4v) is 7.03. The minimum atomic E-state index is -0.477. The van der Waals surface area contributed by atoms with Crippen LogP contribution in [0.1, 0.15) is 60.9 Å². The van der Waals surface area contributed by atoms with Crippen molar-refractivity contribution in [2.75, 3.05) is 7.11 Å². The molecular weight excluding hydrogens is 464 g/mol. The van der Waals surface area contributed by atoms with Gasteiger partial charge in [0.25, 0.3) is 0 Å². The summed E-state index contributed by atoms with van der Waals surface area (Å²) in [5, 5.41) is 0. The third-order valence-electron chi connectivity index (χ3n) is 8.91. The molecule has 6 atom stereocenters. The molecule has 0 saturated heterocycles. The monoisotopic (exact) mass is 496 g/mol. The van der Waals surface area contributed by atoms with Crippen LogP contribution in [0.4, 0.5) is 0 Å². The van der Waals surface area contributed by atoms with Gasteiger partial charge in [0, 0.05) is 11.8 Å². The van der Waals surface area contributed by atoms with Crippen LogP contribution in [0, 0.1) is 38.5 Å². The van der Waals surface area contributed by atoms with Crippen molar-refractivity contribution in [2.45, 2.75) is 51.7 Å². The first-order valence-electron chi connectivity index (χ1n) is 13.1. The second-order valence-corrected chi connectivity index (χ2v) is 10.9. The number of rotatable bonds is 5. The Kier molecular flexibility index (Phi) is 5.82. The molecule has 0 heterocycles. The van der Waals surface area contributed by atoms with Gasteiger partial charge in [-0.1, -0.05) is 30.3 Å². The molecule has 6 unspecified atom stereocenters. The van der Waals surface area contributed by atoms with Gasteiger partial charge in [0.1, 0.15) is 18.0 Å². The number of esters is 2. The number of methoxy groups -OCH3 is 1. The summed E-state index contributed by atoms with van der Waals surface area (Å²) in [7, 11) is 1.61. The first-order valence-corrected chi connectivity index (χ1v) is 13.1. The van der Waals surface area contributed by atoms with Crippen molar-refractivity contribution in [3.63, 3.8) is 0 Å². The summed E-state index contributed by atoms with van der Waals surface area (Å²) < 4.78 is 17.8. The highest BCUT2D eigenvalue weighted by Gasteiger charge is 2.63. The van der Waals surface area contributed by atoms with E-state index in [0.29, 0.717) is 23.0 Å². The first-order chi connectivity index (χ1) is 17.9. The molecule has 2 saturated carbocycles. The zero-order valence-corrected chi connectivity index (χ0v) is 21.7. The smallest absolute Gasteiger partial charge is 0.338 e. The molecule has 190 valence electrons. The van der Waals surface area contributed by atoms with Gasteiger partial charge >= 0.3 is 11.9 Å². The summed E-state index contributed by atoms with van der Waals surface area (Å²) >= 11 is 0. The van der Waals surface area contributed by atoms with Crippen molar-refractivity contribution >= 4 is 11.9 Å². The summed E-state index contributed by atoms with van der Waals surface area (Å²) in [6.45, 7) is 5.92. The average Bonchev–Trinajstić information content (AvgIpc) is 3.55. The lowest BCUT2D eigenvalue weighted by Gasteiger charge is -2.37. The Morgan fingerprint density at radius 3 is 2.05 bits per heavy atom. The number of aryl methyl sites for hydroxylation is 3. The summed E-state index contributed by atoms with van der Waals surface area (Å²) in [6, 6.07) is 19.5. The van der Waals surface area contributed by atoms with Crippen molar-refractivity contribution in [2.24, 2.45) is 17.8 Å². The Morgan fingerprint density at radius 1 is 0.730 bits per heavy atom. The Hall–Kier alpha value is -3.60. The van der Waals surface area contributed by atoms with Crippen LogP contribution in [0.2, 0.25) is 0 Å². The molecule has 0 amide bonds. The van der Waals surface area contributed by atoms with Crippen molar-refractivity contribution in [3.8, 4) is 5.75 Å². The Balaban J connectivity index is 1.30. The Bertz CT molecular complexity index is 1390. The minimum absolute atomic E-state index is 0.129. The number of hydrogen-bond donors (Lipinski definition) is 0. The molecule has 3 aliphatic carbocycles. The van der Waals surface area contributed by atoms with Crippen LogP contribution in [0.3, 0.4) is 0 Å². The third-order valence-corrected chi connectivity index (χ3v) is 8.91. The van der Waals surface area contributed by atoms with Gasteiger partial charge in [0.15, 0.2) is 0 Å². The zero-order valence-electron chi connectivity index (χ0n) is 21.7. The van der Waals surface area contributed by atoms with E-state index in [9.17, 15) is 9.59 Å². The van der Waals surface area contributed by atoms with Crippen LogP contribution >= 0.6 is 0 Å². The molecule has 0 spiro atoms. The van der Waals surface area contributed by atoms with E-state index in [1.807, 2.05) is 39.0 Å². The van der Waals surface area contributed by atoms with Gasteiger partial charge in [-0.2, -0.15) is 0 Å².